The molecule has 0 radical (unpaired) electrons. The fourth-order valence-electron chi connectivity index (χ4n) is 1.11. The second-order valence-corrected chi connectivity index (χ2v) is 2.84. The van der Waals surface area contributed by atoms with E-state index < -0.39 is 5.67 Å². The number of halogens is 1. The highest BCUT2D eigenvalue weighted by atomic mass is 19.1. The van der Waals surface area contributed by atoms with Crippen LogP contribution in [0.25, 0.3) is 0 Å². The third-order valence-corrected chi connectivity index (χ3v) is 1.52. The minimum absolute atomic E-state index is 0.610. The van der Waals surface area contributed by atoms with E-state index in [1.807, 2.05) is 13.0 Å². The van der Waals surface area contributed by atoms with Crippen LogP contribution < -0.4 is 0 Å². The molecule has 46 valence electrons. The van der Waals surface area contributed by atoms with Crippen molar-refractivity contribution >= 4 is 0 Å². The first-order chi connectivity index (χ1) is 3.60. The van der Waals surface area contributed by atoms with Gasteiger partial charge in [0, 0.05) is 6.42 Å². The summed E-state index contributed by atoms with van der Waals surface area (Å²) in [6, 6.07) is 0. The van der Waals surface area contributed by atoms with Crippen LogP contribution in [0.3, 0.4) is 0 Å². The molecule has 0 aromatic carbocycles. The molecule has 0 heterocycles. The Kier molecular flexibility index (Phi) is 1.14. The van der Waals surface area contributed by atoms with E-state index >= 15 is 0 Å². The van der Waals surface area contributed by atoms with Crippen LogP contribution in [-0.4, -0.2) is 5.67 Å². The summed E-state index contributed by atoms with van der Waals surface area (Å²) in [5.74, 6) is 0. The first kappa shape index (κ1) is 5.80. The summed E-state index contributed by atoms with van der Waals surface area (Å²) in [6.45, 7) is 3.63. The van der Waals surface area contributed by atoms with Gasteiger partial charge in [0.25, 0.3) is 0 Å². The summed E-state index contributed by atoms with van der Waals surface area (Å²) in [5.41, 5.74) is 0.263. The zero-order valence-electron chi connectivity index (χ0n) is 5.37. The molecular weight excluding hydrogens is 103 g/mol. The minimum Gasteiger partial charge on any atom is -0.244 e. The quantitative estimate of drug-likeness (QED) is 0.424. The van der Waals surface area contributed by atoms with Crippen molar-refractivity contribution in [1.29, 1.82) is 0 Å². The zero-order valence-corrected chi connectivity index (χ0v) is 5.37. The molecule has 1 heteroatoms. The Morgan fingerprint density at radius 2 is 2.38 bits per heavy atom. The third kappa shape index (κ3) is 1.09. The van der Waals surface area contributed by atoms with E-state index in [0.717, 1.165) is 0 Å². The van der Waals surface area contributed by atoms with Crippen molar-refractivity contribution in [2.45, 2.75) is 32.4 Å². The third-order valence-electron chi connectivity index (χ3n) is 1.52. The highest BCUT2D eigenvalue weighted by Gasteiger charge is 2.26. The van der Waals surface area contributed by atoms with E-state index in [2.05, 4.69) is 0 Å². The maximum atomic E-state index is 12.8. The van der Waals surface area contributed by atoms with Crippen LogP contribution in [-0.2, 0) is 0 Å². The first-order valence-corrected chi connectivity index (χ1v) is 2.95. The fourth-order valence-corrected chi connectivity index (χ4v) is 1.11. The maximum absolute atomic E-state index is 12.8. The average Bonchev–Trinajstić information content (AvgIpc) is 1.82. The smallest absolute Gasteiger partial charge is 0.115 e. The lowest BCUT2D eigenvalue weighted by Crippen LogP contribution is -2.11. The van der Waals surface area contributed by atoms with Crippen molar-refractivity contribution in [3.63, 3.8) is 0 Å². The molecule has 0 saturated heterocycles. The van der Waals surface area contributed by atoms with E-state index in [9.17, 15) is 4.39 Å². The molecule has 0 saturated carbocycles. The minimum atomic E-state index is -0.927. The molecule has 0 amide bonds. The van der Waals surface area contributed by atoms with Crippen LogP contribution in [0.1, 0.15) is 26.7 Å². The molecular formula is C7H11F. The van der Waals surface area contributed by atoms with Crippen molar-refractivity contribution in [3.05, 3.63) is 11.6 Å². The molecule has 0 aromatic rings. The highest BCUT2D eigenvalue weighted by molar-refractivity contribution is 5.12. The van der Waals surface area contributed by atoms with Crippen LogP contribution in [0, 0.1) is 0 Å². The van der Waals surface area contributed by atoms with E-state index in [1.54, 1.807) is 6.92 Å². The van der Waals surface area contributed by atoms with E-state index in [4.69, 9.17) is 0 Å². The Hall–Kier alpha value is -0.330. The second-order valence-electron chi connectivity index (χ2n) is 2.84. The van der Waals surface area contributed by atoms with Gasteiger partial charge in [0.15, 0.2) is 0 Å². The van der Waals surface area contributed by atoms with Crippen molar-refractivity contribution in [2.75, 3.05) is 0 Å². The molecule has 1 unspecified atom stereocenters. The summed E-state index contributed by atoms with van der Waals surface area (Å²) in [4.78, 5) is 0. The van der Waals surface area contributed by atoms with Gasteiger partial charge in [-0.15, -0.1) is 0 Å². The summed E-state index contributed by atoms with van der Waals surface area (Å²) in [6.07, 6.45) is 3.21. The summed E-state index contributed by atoms with van der Waals surface area (Å²) >= 11 is 0. The lowest BCUT2D eigenvalue weighted by molar-refractivity contribution is 0.206. The largest absolute Gasteiger partial charge is 0.244 e. The predicted octanol–water partition coefficient (Wildman–Crippen LogP) is 2.45. The van der Waals surface area contributed by atoms with Gasteiger partial charge >= 0.3 is 0 Å². The van der Waals surface area contributed by atoms with Gasteiger partial charge in [0.1, 0.15) is 5.67 Å². The molecule has 8 heavy (non-hydrogen) atoms. The maximum Gasteiger partial charge on any atom is 0.115 e. The van der Waals surface area contributed by atoms with Gasteiger partial charge < -0.3 is 0 Å². The number of hydrogen-bond acceptors (Lipinski definition) is 0. The highest BCUT2D eigenvalue weighted by Crippen LogP contribution is 2.31. The molecule has 1 atom stereocenters. The standard InChI is InChI=1S/C7H11F/c1-6-3-4-7(2,8)5-6/h3H,4-5H2,1-2H3. The molecule has 1 rings (SSSR count). The second kappa shape index (κ2) is 1.57. The zero-order chi connectivity index (χ0) is 6.20. The monoisotopic (exact) mass is 114 g/mol. The molecule has 1 aliphatic rings. The molecule has 0 fully saturated rings. The van der Waals surface area contributed by atoms with E-state index in [0.29, 0.717) is 12.8 Å². The predicted molar refractivity (Wildman–Crippen MR) is 32.5 cm³/mol. The van der Waals surface area contributed by atoms with Crippen molar-refractivity contribution in [2.24, 2.45) is 0 Å². The summed E-state index contributed by atoms with van der Waals surface area (Å²) < 4.78 is 12.8. The Morgan fingerprint density at radius 3 is 2.50 bits per heavy atom. The lowest BCUT2D eigenvalue weighted by atomic mass is 10.1. The number of rotatable bonds is 0. The first-order valence-electron chi connectivity index (χ1n) is 2.95. The summed E-state index contributed by atoms with van der Waals surface area (Å²) in [5, 5.41) is 0. The topological polar surface area (TPSA) is 0 Å². The molecule has 0 aliphatic heterocycles. The Bertz CT molecular complexity index is 122. The molecule has 0 spiro atoms. The molecule has 0 bridgehead atoms. The van der Waals surface area contributed by atoms with Crippen LogP contribution in [0.5, 0.6) is 0 Å². The van der Waals surface area contributed by atoms with Crippen LogP contribution >= 0.6 is 0 Å². The number of allylic oxidation sites excluding steroid dienone is 2. The Morgan fingerprint density at radius 1 is 1.75 bits per heavy atom. The molecule has 0 nitrogen and oxygen atoms in total. The molecule has 0 N–H and O–H groups in total. The number of hydrogen-bond donors (Lipinski definition) is 0. The van der Waals surface area contributed by atoms with Gasteiger partial charge in [-0.25, -0.2) is 4.39 Å². The van der Waals surface area contributed by atoms with Crippen LogP contribution in [0.15, 0.2) is 11.6 Å². The average molecular weight is 114 g/mol. The Labute approximate surface area is 49.4 Å². The van der Waals surface area contributed by atoms with E-state index in [1.165, 1.54) is 5.57 Å². The molecule has 0 aromatic heterocycles. The number of alkyl halides is 1. The molecule has 1 aliphatic carbocycles. The Balaban J connectivity index is 2.55. The van der Waals surface area contributed by atoms with Gasteiger partial charge in [0.2, 0.25) is 0 Å². The van der Waals surface area contributed by atoms with Crippen molar-refractivity contribution in [3.8, 4) is 0 Å². The van der Waals surface area contributed by atoms with Gasteiger partial charge in [0.05, 0.1) is 0 Å². The van der Waals surface area contributed by atoms with Gasteiger partial charge in [-0.3, -0.25) is 0 Å². The SMILES string of the molecule is CC1=CCC(C)(F)C1. The van der Waals surface area contributed by atoms with Gasteiger partial charge in [-0.1, -0.05) is 11.6 Å². The van der Waals surface area contributed by atoms with Gasteiger partial charge in [-0.05, 0) is 20.3 Å². The lowest BCUT2D eigenvalue weighted by Gasteiger charge is -2.10. The van der Waals surface area contributed by atoms with Crippen molar-refractivity contribution in [1.82, 2.24) is 0 Å². The van der Waals surface area contributed by atoms with Gasteiger partial charge in [-0.2, -0.15) is 0 Å². The van der Waals surface area contributed by atoms with Crippen LogP contribution in [0.2, 0.25) is 0 Å². The summed E-state index contributed by atoms with van der Waals surface area (Å²) in [7, 11) is 0. The van der Waals surface area contributed by atoms with Crippen LogP contribution in [0.4, 0.5) is 4.39 Å². The normalized spacial score (nSPS) is 37.6. The van der Waals surface area contributed by atoms with Crippen molar-refractivity contribution < 1.29 is 4.39 Å². The van der Waals surface area contributed by atoms with E-state index in [-0.39, 0.29) is 0 Å². The fraction of sp³-hybridized carbons (Fsp3) is 0.714.